The van der Waals surface area contributed by atoms with Crippen LogP contribution in [0.4, 0.5) is 5.82 Å². The van der Waals surface area contributed by atoms with Gasteiger partial charge in [-0.2, -0.15) is 0 Å². The Balaban J connectivity index is 2.50. The molecule has 4 nitrogen and oxygen atoms in total. The van der Waals surface area contributed by atoms with Gasteiger partial charge in [-0.3, -0.25) is 4.79 Å². The SMILES string of the molecule is CCCNc1ncc(C(=O)NCCCC(C)C)cc1Cl. The van der Waals surface area contributed by atoms with E-state index < -0.39 is 0 Å². The van der Waals surface area contributed by atoms with E-state index in [1.807, 2.05) is 0 Å². The first-order valence-corrected chi connectivity index (χ1v) is 7.60. The Labute approximate surface area is 126 Å². The van der Waals surface area contributed by atoms with Gasteiger partial charge in [-0.25, -0.2) is 4.98 Å². The molecule has 2 N–H and O–H groups in total. The van der Waals surface area contributed by atoms with Gasteiger partial charge in [-0.05, 0) is 31.2 Å². The molecule has 112 valence electrons. The van der Waals surface area contributed by atoms with E-state index in [0.717, 1.165) is 25.8 Å². The summed E-state index contributed by atoms with van der Waals surface area (Å²) in [5, 5.41) is 6.48. The van der Waals surface area contributed by atoms with E-state index in [1.165, 1.54) is 0 Å². The van der Waals surface area contributed by atoms with Gasteiger partial charge in [-0.1, -0.05) is 32.4 Å². The molecular weight excluding hydrogens is 274 g/mol. The molecule has 0 saturated carbocycles. The molecule has 0 atom stereocenters. The van der Waals surface area contributed by atoms with Gasteiger partial charge in [0.1, 0.15) is 5.82 Å². The van der Waals surface area contributed by atoms with Crippen molar-refractivity contribution in [2.24, 2.45) is 5.92 Å². The lowest BCUT2D eigenvalue weighted by atomic mass is 10.1. The Bertz CT molecular complexity index is 435. The molecule has 0 aliphatic heterocycles. The Morgan fingerprint density at radius 1 is 1.40 bits per heavy atom. The second-order valence-electron chi connectivity index (χ2n) is 5.27. The van der Waals surface area contributed by atoms with Crippen LogP contribution in [0.15, 0.2) is 12.3 Å². The summed E-state index contributed by atoms with van der Waals surface area (Å²) in [6, 6.07) is 1.66. The van der Waals surface area contributed by atoms with Gasteiger partial charge in [0, 0.05) is 19.3 Å². The molecule has 0 spiro atoms. The molecule has 1 aromatic rings. The zero-order chi connectivity index (χ0) is 15.0. The minimum absolute atomic E-state index is 0.120. The van der Waals surface area contributed by atoms with Crippen LogP contribution in [0, 0.1) is 5.92 Å². The fraction of sp³-hybridized carbons (Fsp3) is 0.600. The molecule has 0 aliphatic rings. The van der Waals surface area contributed by atoms with Crippen molar-refractivity contribution in [3.63, 3.8) is 0 Å². The molecule has 0 saturated heterocycles. The summed E-state index contributed by atoms with van der Waals surface area (Å²) in [5.74, 6) is 1.17. The standard InChI is InChI=1S/C15H24ClN3O/c1-4-7-17-14-13(16)9-12(10-19-14)15(20)18-8-5-6-11(2)3/h9-11H,4-8H2,1-3H3,(H,17,19)(H,18,20). The minimum atomic E-state index is -0.120. The van der Waals surface area contributed by atoms with E-state index in [-0.39, 0.29) is 5.91 Å². The van der Waals surface area contributed by atoms with E-state index in [1.54, 1.807) is 12.3 Å². The topological polar surface area (TPSA) is 54.0 Å². The normalized spacial score (nSPS) is 10.7. The van der Waals surface area contributed by atoms with Crippen LogP contribution in [-0.4, -0.2) is 24.0 Å². The van der Waals surface area contributed by atoms with Gasteiger partial charge in [0.05, 0.1) is 10.6 Å². The number of rotatable bonds is 8. The number of pyridine rings is 1. The number of carbonyl (C=O) groups excluding carboxylic acids is 1. The highest BCUT2D eigenvalue weighted by Crippen LogP contribution is 2.20. The molecule has 1 amide bonds. The zero-order valence-corrected chi connectivity index (χ0v) is 13.3. The minimum Gasteiger partial charge on any atom is -0.369 e. The van der Waals surface area contributed by atoms with Gasteiger partial charge in [0.25, 0.3) is 5.91 Å². The number of halogens is 1. The van der Waals surface area contributed by atoms with E-state index in [9.17, 15) is 4.79 Å². The van der Waals surface area contributed by atoms with Crippen molar-refractivity contribution in [1.29, 1.82) is 0 Å². The summed E-state index contributed by atoms with van der Waals surface area (Å²) in [6.07, 6.45) is 4.65. The first kappa shape index (κ1) is 16.8. The highest BCUT2D eigenvalue weighted by Gasteiger charge is 2.09. The summed E-state index contributed by atoms with van der Waals surface area (Å²) in [7, 11) is 0. The molecule has 20 heavy (non-hydrogen) atoms. The van der Waals surface area contributed by atoms with Crippen molar-refractivity contribution >= 4 is 23.3 Å². The molecule has 1 aromatic heterocycles. The molecule has 0 unspecified atom stereocenters. The summed E-state index contributed by atoms with van der Waals surface area (Å²) < 4.78 is 0. The maximum atomic E-state index is 11.9. The summed E-state index contributed by atoms with van der Waals surface area (Å²) in [5.41, 5.74) is 0.501. The van der Waals surface area contributed by atoms with E-state index in [2.05, 4.69) is 36.4 Å². The number of carbonyl (C=O) groups is 1. The van der Waals surface area contributed by atoms with Crippen LogP contribution in [-0.2, 0) is 0 Å². The van der Waals surface area contributed by atoms with E-state index in [0.29, 0.717) is 28.9 Å². The molecule has 5 heteroatoms. The lowest BCUT2D eigenvalue weighted by Crippen LogP contribution is -2.25. The lowest BCUT2D eigenvalue weighted by molar-refractivity contribution is 0.0952. The van der Waals surface area contributed by atoms with Crippen LogP contribution in [0.5, 0.6) is 0 Å². The van der Waals surface area contributed by atoms with Gasteiger partial charge in [0.15, 0.2) is 0 Å². The molecule has 0 radical (unpaired) electrons. The Morgan fingerprint density at radius 2 is 2.15 bits per heavy atom. The zero-order valence-electron chi connectivity index (χ0n) is 12.5. The summed E-state index contributed by atoms with van der Waals surface area (Å²) in [6.45, 7) is 7.92. The molecule has 0 fully saturated rings. The molecular formula is C15H24ClN3O. The van der Waals surface area contributed by atoms with Gasteiger partial charge >= 0.3 is 0 Å². The average molecular weight is 298 g/mol. The van der Waals surface area contributed by atoms with Crippen LogP contribution in [0.1, 0.15) is 50.4 Å². The van der Waals surface area contributed by atoms with Crippen molar-refractivity contribution in [2.45, 2.75) is 40.0 Å². The van der Waals surface area contributed by atoms with Gasteiger partial charge in [-0.15, -0.1) is 0 Å². The number of hydrogen-bond acceptors (Lipinski definition) is 3. The maximum Gasteiger partial charge on any atom is 0.252 e. The third-order valence-electron chi connectivity index (χ3n) is 2.89. The second kappa shape index (κ2) is 8.80. The Hall–Kier alpha value is -1.29. The lowest BCUT2D eigenvalue weighted by Gasteiger charge is -2.09. The first-order valence-electron chi connectivity index (χ1n) is 7.22. The fourth-order valence-electron chi connectivity index (χ4n) is 1.75. The smallest absolute Gasteiger partial charge is 0.252 e. The highest BCUT2D eigenvalue weighted by molar-refractivity contribution is 6.33. The highest BCUT2D eigenvalue weighted by atomic mass is 35.5. The van der Waals surface area contributed by atoms with Crippen molar-refractivity contribution in [2.75, 3.05) is 18.4 Å². The summed E-state index contributed by atoms with van der Waals surface area (Å²) >= 11 is 6.11. The van der Waals surface area contributed by atoms with E-state index in [4.69, 9.17) is 11.6 Å². The number of hydrogen-bond donors (Lipinski definition) is 2. The monoisotopic (exact) mass is 297 g/mol. The first-order chi connectivity index (χ1) is 9.54. The number of aromatic nitrogens is 1. The quantitative estimate of drug-likeness (QED) is 0.719. The number of nitrogens with zero attached hydrogens (tertiary/aromatic N) is 1. The van der Waals surface area contributed by atoms with Crippen molar-refractivity contribution in [3.05, 3.63) is 22.8 Å². The molecule has 0 aromatic carbocycles. The van der Waals surface area contributed by atoms with Crippen molar-refractivity contribution in [1.82, 2.24) is 10.3 Å². The molecule has 1 rings (SSSR count). The van der Waals surface area contributed by atoms with Crippen LogP contribution >= 0.6 is 11.6 Å². The fourth-order valence-corrected chi connectivity index (χ4v) is 1.98. The van der Waals surface area contributed by atoms with Crippen LogP contribution in [0.3, 0.4) is 0 Å². The van der Waals surface area contributed by atoms with Crippen LogP contribution in [0.2, 0.25) is 5.02 Å². The molecule has 1 heterocycles. The predicted molar refractivity (Wildman–Crippen MR) is 84.4 cm³/mol. The van der Waals surface area contributed by atoms with Crippen molar-refractivity contribution in [3.8, 4) is 0 Å². The number of amides is 1. The maximum absolute atomic E-state index is 11.9. The predicted octanol–water partition coefficient (Wildman–Crippen LogP) is 3.72. The third kappa shape index (κ3) is 5.78. The number of anilines is 1. The van der Waals surface area contributed by atoms with Crippen molar-refractivity contribution < 1.29 is 4.79 Å². The van der Waals surface area contributed by atoms with Crippen LogP contribution in [0.25, 0.3) is 0 Å². The Kier molecular flexibility index (Phi) is 7.37. The average Bonchev–Trinajstić information content (AvgIpc) is 2.41. The third-order valence-corrected chi connectivity index (χ3v) is 3.18. The van der Waals surface area contributed by atoms with Gasteiger partial charge < -0.3 is 10.6 Å². The largest absolute Gasteiger partial charge is 0.369 e. The van der Waals surface area contributed by atoms with Gasteiger partial charge in [0.2, 0.25) is 0 Å². The van der Waals surface area contributed by atoms with E-state index >= 15 is 0 Å². The second-order valence-corrected chi connectivity index (χ2v) is 5.68. The summed E-state index contributed by atoms with van der Waals surface area (Å²) in [4.78, 5) is 16.1. The number of nitrogens with one attached hydrogen (secondary N) is 2. The molecule has 0 aliphatic carbocycles. The molecule has 0 bridgehead atoms. The van der Waals surface area contributed by atoms with Crippen LogP contribution < -0.4 is 10.6 Å². The Morgan fingerprint density at radius 3 is 2.75 bits per heavy atom.